The molecule has 0 saturated carbocycles. The fourth-order valence-corrected chi connectivity index (χ4v) is 5.48. The van der Waals surface area contributed by atoms with Gasteiger partial charge in [-0.05, 0) is 50.2 Å². The number of benzene rings is 2. The van der Waals surface area contributed by atoms with Crippen LogP contribution in [0.5, 0.6) is 5.75 Å². The summed E-state index contributed by atoms with van der Waals surface area (Å²) in [5.74, 6) is -1.95. The van der Waals surface area contributed by atoms with Gasteiger partial charge in [0.2, 0.25) is 5.91 Å². The smallest absolute Gasteiger partial charge is 0.419 e. The molecule has 2 aromatic carbocycles. The Hall–Kier alpha value is -3.55. The number of rotatable bonds is 6. The molecule has 36 heavy (non-hydrogen) atoms. The van der Waals surface area contributed by atoms with Crippen molar-refractivity contribution < 1.29 is 45.4 Å². The molecule has 0 fully saturated rings. The Morgan fingerprint density at radius 3 is 2.42 bits per heavy atom. The molecule has 0 bridgehead atoms. The van der Waals surface area contributed by atoms with Gasteiger partial charge < -0.3 is 15.2 Å². The van der Waals surface area contributed by atoms with Crippen molar-refractivity contribution in [1.82, 2.24) is 5.32 Å². The van der Waals surface area contributed by atoms with Crippen molar-refractivity contribution in [2.45, 2.75) is 49.9 Å². The van der Waals surface area contributed by atoms with Crippen LogP contribution in [0, 0.1) is 5.82 Å². The first-order valence-corrected chi connectivity index (χ1v) is 11.9. The summed E-state index contributed by atoms with van der Waals surface area (Å²) in [5.41, 5.74) is -2.74. The van der Waals surface area contributed by atoms with E-state index < -0.39 is 50.2 Å². The second-order valence-electron chi connectivity index (χ2n) is 8.80. The van der Waals surface area contributed by atoms with Crippen LogP contribution < -0.4 is 19.7 Å². The Balaban J connectivity index is 2.10. The number of nitrogens with one attached hydrogen (secondary N) is 2. The molecule has 1 unspecified atom stereocenters. The Morgan fingerprint density at radius 1 is 1.17 bits per heavy atom. The average molecular weight is 534 g/mol. The van der Waals surface area contributed by atoms with E-state index in [1.54, 1.807) is 13.8 Å². The number of alkyl halides is 3. The average Bonchev–Trinajstić information content (AvgIpc) is 2.71. The van der Waals surface area contributed by atoms with Crippen LogP contribution in [0.3, 0.4) is 0 Å². The number of carboxylic acid groups (broad SMARTS) is 1. The number of anilines is 2. The van der Waals surface area contributed by atoms with Crippen LogP contribution >= 0.6 is 0 Å². The first kappa shape index (κ1) is 27.0. The standard InChI is InChI=1S/C22H23F4N3O6S/c1-12(30)28-21(2,3)10-14-11-29(18-8-13(27-20(31)32)4-7-19(18)35-14)36(33,34)15-5-6-17(23)16(9-15)22(24,25)26/h4-9,14,27H,10-11H2,1-3H3,(H,28,30)(H,31,32). The molecule has 2 aromatic rings. The number of ether oxygens (including phenoxy) is 1. The number of halogens is 4. The first-order chi connectivity index (χ1) is 16.5. The van der Waals surface area contributed by atoms with E-state index in [4.69, 9.17) is 9.84 Å². The van der Waals surface area contributed by atoms with E-state index in [1.807, 2.05) is 0 Å². The summed E-state index contributed by atoms with van der Waals surface area (Å²) in [6.07, 6.45) is -7.30. The van der Waals surface area contributed by atoms with Gasteiger partial charge in [0.25, 0.3) is 10.0 Å². The number of amides is 2. The van der Waals surface area contributed by atoms with Crippen molar-refractivity contribution in [2.24, 2.45) is 0 Å². The molecule has 1 aliphatic rings. The maximum absolute atomic E-state index is 13.8. The highest BCUT2D eigenvalue weighted by atomic mass is 32.2. The van der Waals surface area contributed by atoms with Crippen molar-refractivity contribution >= 4 is 33.4 Å². The molecule has 0 aliphatic carbocycles. The molecule has 0 aromatic heterocycles. The summed E-state index contributed by atoms with van der Waals surface area (Å²) in [7, 11) is -4.71. The fourth-order valence-electron chi connectivity index (χ4n) is 3.95. The normalized spacial score (nSPS) is 16.1. The zero-order valence-electron chi connectivity index (χ0n) is 19.3. The third kappa shape index (κ3) is 5.98. The van der Waals surface area contributed by atoms with Gasteiger partial charge in [-0.25, -0.2) is 17.6 Å². The van der Waals surface area contributed by atoms with Crippen LogP contribution in [-0.4, -0.2) is 43.7 Å². The third-order valence-corrected chi connectivity index (χ3v) is 7.00. The van der Waals surface area contributed by atoms with Gasteiger partial charge in [0, 0.05) is 24.6 Å². The van der Waals surface area contributed by atoms with E-state index in [0.717, 1.165) is 10.4 Å². The lowest BCUT2D eigenvalue weighted by atomic mass is 9.95. The zero-order valence-corrected chi connectivity index (χ0v) is 20.1. The number of carbonyl (C=O) groups excluding carboxylic acids is 1. The number of sulfonamides is 1. The van der Waals surface area contributed by atoms with Gasteiger partial charge in [-0.3, -0.25) is 14.4 Å². The van der Waals surface area contributed by atoms with Gasteiger partial charge in [-0.1, -0.05) is 0 Å². The highest BCUT2D eigenvalue weighted by molar-refractivity contribution is 7.92. The van der Waals surface area contributed by atoms with Gasteiger partial charge in [-0.2, -0.15) is 13.2 Å². The summed E-state index contributed by atoms with van der Waals surface area (Å²) in [6, 6.07) is 5.12. The number of hydrogen-bond acceptors (Lipinski definition) is 5. The summed E-state index contributed by atoms with van der Waals surface area (Å²) < 4.78 is 87.3. The van der Waals surface area contributed by atoms with Crippen molar-refractivity contribution in [3.63, 3.8) is 0 Å². The molecule has 9 nitrogen and oxygen atoms in total. The van der Waals surface area contributed by atoms with E-state index in [-0.39, 0.29) is 42.1 Å². The van der Waals surface area contributed by atoms with Crippen LogP contribution in [0.4, 0.5) is 33.7 Å². The van der Waals surface area contributed by atoms with Crippen LogP contribution in [0.2, 0.25) is 0 Å². The van der Waals surface area contributed by atoms with Gasteiger partial charge in [-0.15, -0.1) is 0 Å². The van der Waals surface area contributed by atoms with E-state index in [9.17, 15) is 35.6 Å². The predicted molar refractivity (Wildman–Crippen MR) is 121 cm³/mol. The molecule has 1 heterocycles. The molecule has 14 heteroatoms. The summed E-state index contributed by atoms with van der Waals surface area (Å²) in [5, 5.41) is 13.8. The molecule has 2 amide bonds. The lowest BCUT2D eigenvalue weighted by molar-refractivity contribution is -0.140. The number of fused-ring (bicyclic) bond motifs is 1. The Morgan fingerprint density at radius 2 is 1.83 bits per heavy atom. The van der Waals surface area contributed by atoms with E-state index >= 15 is 0 Å². The quantitative estimate of drug-likeness (QED) is 0.478. The van der Waals surface area contributed by atoms with Gasteiger partial charge in [0.05, 0.1) is 22.7 Å². The van der Waals surface area contributed by atoms with Crippen molar-refractivity contribution in [1.29, 1.82) is 0 Å². The van der Waals surface area contributed by atoms with Crippen LogP contribution in [0.15, 0.2) is 41.3 Å². The van der Waals surface area contributed by atoms with Gasteiger partial charge in [0.1, 0.15) is 17.7 Å². The lowest BCUT2D eigenvalue weighted by Gasteiger charge is -2.39. The number of carbonyl (C=O) groups is 2. The second-order valence-corrected chi connectivity index (χ2v) is 10.7. The van der Waals surface area contributed by atoms with Crippen LogP contribution in [-0.2, 0) is 21.0 Å². The lowest BCUT2D eigenvalue weighted by Crippen LogP contribution is -2.50. The SMILES string of the molecule is CC(=O)NC(C)(C)CC1CN(S(=O)(=O)c2ccc(F)c(C(F)(F)F)c2)c2cc(NC(=O)O)ccc2O1. The van der Waals surface area contributed by atoms with Gasteiger partial charge >= 0.3 is 12.3 Å². The third-order valence-electron chi connectivity index (χ3n) is 5.23. The molecule has 3 rings (SSSR count). The molecule has 0 spiro atoms. The van der Waals surface area contributed by atoms with Crippen molar-refractivity contribution in [3.8, 4) is 5.75 Å². The Bertz CT molecular complexity index is 1300. The predicted octanol–water partition coefficient (Wildman–Crippen LogP) is 4.20. The molecular weight excluding hydrogens is 510 g/mol. The summed E-state index contributed by atoms with van der Waals surface area (Å²) in [6.45, 7) is 4.29. The minimum absolute atomic E-state index is 0.0162. The zero-order chi connectivity index (χ0) is 27.1. The minimum Gasteiger partial charge on any atom is -0.486 e. The highest BCUT2D eigenvalue weighted by Gasteiger charge is 2.40. The summed E-state index contributed by atoms with van der Waals surface area (Å²) in [4.78, 5) is 21.8. The van der Waals surface area contributed by atoms with E-state index in [2.05, 4.69) is 10.6 Å². The second kappa shape index (κ2) is 9.48. The van der Waals surface area contributed by atoms with E-state index in [1.165, 1.54) is 19.1 Å². The molecular formula is C22H23F4N3O6S. The van der Waals surface area contributed by atoms with Crippen molar-refractivity contribution in [3.05, 3.63) is 47.8 Å². The molecule has 0 radical (unpaired) electrons. The topological polar surface area (TPSA) is 125 Å². The molecule has 196 valence electrons. The summed E-state index contributed by atoms with van der Waals surface area (Å²) >= 11 is 0. The molecule has 1 aliphatic heterocycles. The largest absolute Gasteiger partial charge is 0.486 e. The van der Waals surface area contributed by atoms with Crippen LogP contribution in [0.25, 0.3) is 0 Å². The number of nitrogens with zero attached hydrogens (tertiary/aromatic N) is 1. The molecule has 0 saturated heterocycles. The van der Waals surface area contributed by atoms with Crippen molar-refractivity contribution in [2.75, 3.05) is 16.2 Å². The maximum Gasteiger partial charge on any atom is 0.419 e. The molecule has 1 atom stereocenters. The Labute approximate surface area is 204 Å². The molecule has 3 N–H and O–H groups in total. The fraction of sp³-hybridized carbons (Fsp3) is 0.364. The first-order valence-electron chi connectivity index (χ1n) is 10.5. The highest BCUT2D eigenvalue weighted by Crippen LogP contribution is 2.41. The van der Waals surface area contributed by atoms with Gasteiger partial charge in [0.15, 0.2) is 0 Å². The number of hydrogen-bond donors (Lipinski definition) is 3. The Kier molecular flexibility index (Phi) is 7.12. The van der Waals surface area contributed by atoms with Crippen LogP contribution in [0.1, 0.15) is 32.8 Å². The minimum atomic E-state index is -5.14. The monoisotopic (exact) mass is 533 g/mol. The maximum atomic E-state index is 13.8. The van der Waals surface area contributed by atoms with E-state index in [0.29, 0.717) is 12.1 Å².